The molecule has 0 saturated carbocycles. The third-order valence-electron chi connectivity index (χ3n) is 1.99. The Morgan fingerprint density at radius 3 is 2.64 bits per heavy atom. The van der Waals surface area contributed by atoms with Crippen LogP contribution in [-0.4, -0.2) is 0 Å². The molecule has 60 valence electrons. The van der Waals surface area contributed by atoms with E-state index in [-0.39, 0.29) is 13.9 Å². The fourth-order valence-electron chi connectivity index (χ4n) is 1.41. The molecule has 0 radical (unpaired) electrons. The minimum absolute atomic E-state index is 0.257. The first-order valence-electron chi connectivity index (χ1n) is 3.82. The number of hydrogen-bond acceptors (Lipinski definition) is 1. The molecule has 0 heterocycles. The lowest BCUT2D eigenvalue weighted by Crippen LogP contribution is -2.11. The van der Waals surface area contributed by atoms with Gasteiger partial charge in [-0.2, -0.15) is 0 Å². The first-order chi connectivity index (χ1) is 5.05. The van der Waals surface area contributed by atoms with Crippen molar-refractivity contribution in [3.05, 3.63) is 23.0 Å². The van der Waals surface area contributed by atoms with Crippen LogP contribution in [0.1, 0.15) is 27.2 Å². The smallest absolute Gasteiger partial charge is 0.0740 e. The Bertz CT molecular complexity index is 236. The van der Waals surface area contributed by atoms with Crippen LogP contribution in [0.25, 0.3) is 0 Å². The molecule has 0 bridgehead atoms. The first-order valence-corrected chi connectivity index (χ1v) is 4.73. The molecular formula is C9H14OP+. The van der Waals surface area contributed by atoms with Gasteiger partial charge in [0.25, 0.3) is 0 Å². The van der Waals surface area contributed by atoms with E-state index in [2.05, 4.69) is 26.8 Å². The molecule has 11 heavy (non-hydrogen) atoms. The summed E-state index contributed by atoms with van der Waals surface area (Å²) in [4.78, 5) is 0. The van der Waals surface area contributed by atoms with E-state index >= 15 is 0 Å². The van der Waals surface area contributed by atoms with Gasteiger partial charge in [0.15, 0.2) is 5.31 Å². The van der Waals surface area contributed by atoms with Crippen LogP contribution in [0.15, 0.2) is 23.0 Å². The van der Waals surface area contributed by atoms with E-state index in [4.69, 9.17) is 0 Å². The number of allylic oxidation sites excluding steroid dienone is 4. The van der Waals surface area contributed by atoms with Gasteiger partial charge in [-0.15, -0.1) is 0 Å². The minimum Gasteiger partial charge on any atom is -0.0740 e. The second-order valence-corrected chi connectivity index (χ2v) is 4.54. The summed E-state index contributed by atoms with van der Waals surface area (Å²) in [6, 6.07) is 0. The van der Waals surface area contributed by atoms with Gasteiger partial charge in [-0.3, -0.25) is 0 Å². The highest BCUT2D eigenvalue weighted by Gasteiger charge is 2.22. The molecule has 0 aliphatic heterocycles. The van der Waals surface area contributed by atoms with Gasteiger partial charge < -0.3 is 0 Å². The zero-order valence-electron chi connectivity index (χ0n) is 7.27. The zero-order chi connectivity index (χ0) is 8.48. The lowest BCUT2D eigenvalue weighted by molar-refractivity contribution is 0.469. The van der Waals surface area contributed by atoms with Gasteiger partial charge in [-0.25, -0.2) is 0 Å². The lowest BCUT2D eigenvalue weighted by atomic mass is 9.82. The maximum atomic E-state index is 10.6. The van der Waals surface area contributed by atoms with Gasteiger partial charge in [-0.1, -0.05) is 24.5 Å². The van der Waals surface area contributed by atoms with Crippen LogP contribution < -0.4 is 0 Å². The van der Waals surface area contributed by atoms with E-state index in [0.29, 0.717) is 0 Å². The molecule has 0 fully saturated rings. The summed E-state index contributed by atoms with van der Waals surface area (Å²) < 4.78 is 10.6. The van der Waals surface area contributed by atoms with Crippen molar-refractivity contribution < 1.29 is 4.57 Å². The van der Waals surface area contributed by atoms with Gasteiger partial charge >= 0.3 is 8.46 Å². The third-order valence-corrected chi connectivity index (χ3v) is 2.81. The second kappa shape index (κ2) is 2.91. The van der Waals surface area contributed by atoms with E-state index in [1.165, 1.54) is 5.57 Å². The maximum Gasteiger partial charge on any atom is 0.363 e. The molecule has 1 nitrogen and oxygen atoms in total. The van der Waals surface area contributed by atoms with Gasteiger partial charge in [0.05, 0.1) is 0 Å². The van der Waals surface area contributed by atoms with E-state index in [1.54, 1.807) is 0 Å². The van der Waals surface area contributed by atoms with Crippen molar-refractivity contribution in [1.29, 1.82) is 0 Å². The fourth-order valence-corrected chi connectivity index (χ4v) is 1.82. The molecule has 0 spiro atoms. The van der Waals surface area contributed by atoms with Crippen molar-refractivity contribution in [1.82, 2.24) is 0 Å². The standard InChI is InChI=1S/C9H13OP/c1-7-6-9(2,3)5-4-8(7)11-10/h4-5H,6H2,1-3H3/p+1. The Hall–Kier alpha value is -0.420. The molecule has 2 heteroatoms. The van der Waals surface area contributed by atoms with Gasteiger partial charge in [-0.05, 0) is 30.4 Å². The quantitative estimate of drug-likeness (QED) is 0.550. The maximum absolute atomic E-state index is 10.6. The Morgan fingerprint density at radius 2 is 2.18 bits per heavy atom. The van der Waals surface area contributed by atoms with E-state index < -0.39 is 0 Å². The molecule has 1 aliphatic rings. The van der Waals surface area contributed by atoms with Crippen molar-refractivity contribution in [2.45, 2.75) is 27.2 Å². The van der Waals surface area contributed by atoms with Crippen molar-refractivity contribution in [3.8, 4) is 0 Å². The minimum atomic E-state index is -0.294. The van der Waals surface area contributed by atoms with Crippen molar-refractivity contribution in [2.24, 2.45) is 5.41 Å². The molecule has 0 N–H and O–H groups in total. The van der Waals surface area contributed by atoms with Crippen LogP contribution in [0.2, 0.25) is 0 Å². The Labute approximate surface area is 69.4 Å². The largest absolute Gasteiger partial charge is 0.363 e. The average Bonchev–Trinajstić information content (AvgIpc) is 1.86. The van der Waals surface area contributed by atoms with E-state index in [9.17, 15) is 4.57 Å². The molecular weight excluding hydrogens is 155 g/mol. The van der Waals surface area contributed by atoms with Gasteiger partial charge in [0.2, 0.25) is 0 Å². The molecule has 0 aromatic rings. The molecule has 1 rings (SSSR count). The molecule has 1 unspecified atom stereocenters. The third kappa shape index (κ3) is 2.00. The van der Waals surface area contributed by atoms with Gasteiger partial charge in [0.1, 0.15) is 0 Å². The summed E-state index contributed by atoms with van der Waals surface area (Å²) in [5.74, 6) is 0. The SMILES string of the molecule is CC1=C([PH+]=O)C=CC(C)(C)C1. The van der Waals surface area contributed by atoms with Gasteiger partial charge in [0, 0.05) is 0 Å². The van der Waals surface area contributed by atoms with Crippen LogP contribution in [0.5, 0.6) is 0 Å². The highest BCUT2D eigenvalue weighted by Crippen LogP contribution is 2.36. The fraction of sp³-hybridized carbons (Fsp3) is 0.556. The first kappa shape index (κ1) is 8.67. The van der Waals surface area contributed by atoms with Crippen molar-refractivity contribution in [3.63, 3.8) is 0 Å². The highest BCUT2D eigenvalue weighted by molar-refractivity contribution is 7.29. The molecule has 0 saturated heterocycles. The predicted molar refractivity (Wildman–Crippen MR) is 49.2 cm³/mol. The van der Waals surface area contributed by atoms with E-state index in [0.717, 1.165) is 11.7 Å². The van der Waals surface area contributed by atoms with Crippen LogP contribution in [0.4, 0.5) is 0 Å². The topological polar surface area (TPSA) is 17.1 Å². The highest BCUT2D eigenvalue weighted by atomic mass is 31.1. The monoisotopic (exact) mass is 169 g/mol. The lowest BCUT2D eigenvalue weighted by Gasteiger charge is -2.22. The second-order valence-electron chi connectivity index (χ2n) is 3.79. The molecule has 0 aromatic carbocycles. The predicted octanol–water partition coefficient (Wildman–Crippen LogP) is 3.27. The van der Waals surface area contributed by atoms with Crippen molar-refractivity contribution in [2.75, 3.05) is 0 Å². The Morgan fingerprint density at radius 1 is 1.55 bits per heavy atom. The Balaban J connectivity index is 2.91. The molecule has 0 aromatic heterocycles. The summed E-state index contributed by atoms with van der Waals surface area (Å²) in [7, 11) is -0.294. The zero-order valence-corrected chi connectivity index (χ0v) is 8.27. The van der Waals surface area contributed by atoms with Crippen LogP contribution in [0, 0.1) is 5.41 Å². The average molecular weight is 169 g/mol. The van der Waals surface area contributed by atoms with Crippen LogP contribution in [0.3, 0.4) is 0 Å². The summed E-state index contributed by atoms with van der Waals surface area (Å²) in [6.45, 7) is 6.45. The summed E-state index contributed by atoms with van der Waals surface area (Å²) >= 11 is 0. The number of rotatable bonds is 1. The summed E-state index contributed by atoms with van der Waals surface area (Å²) in [6.07, 6.45) is 5.17. The Kier molecular flexibility index (Phi) is 2.29. The normalized spacial score (nSPS) is 22.8. The molecule has 1 aliphatic carbocycles. The number of hydrogen-bond donors (Lipinski definition) is 0. The van der Waals surface area contributed by atoms with E-state index in [1.807, 2.05) is 6.08 Å². The molecule has 1 atom stereocenters. The van der Waals surface area contributed by atoms with Crippen molar-refractivity contribution >= 4 is 8.46 Å². The molecule has 0 amide bonds. The van der Waals surface area contributed by atoms with Crippen LogP contribution >= 0.6 is 8.46 Å². The summed E-state index contributed by atoms with van der Waals surface area (Å²) in [5.41, 5.74) is 1.53. The van der Waals surface area contributed by atoms with Crippen LogP contribution in [-0.2, 0) is 4.57 Å². The summed E-state index contributed by atoms with van der Waals surface area (Å²) in [5, 5.41) is 1.00.